The van der Waals surface area contributed by atoms with Gasteiger partial charge in [-0.15, -0.1) is 11.3 Å². The molecule has 0 aliphatic carbocycles. The smallest absolute Gasteiger partial charge is 0.185 e. The minimum Gasteiger partial charge on any atom is -0.346 e. The molecule has 0 bridgehead atoms. The molecule has 1 aromatic rings. The summed E-state index contributed by atoms with van der Waals surface area (Å²) in [6, 6.07) is 0. The van der Waals surface area contributed by atoms with Crippen molar-refractivity contribution in [1.29, 1.82) is 0 Å². The average Bonchev–Trinajstić information content (AvgIpc) is 2.67. The Balaban J connectivity index is 2.08. The van der Waals surface area contributed by atoms with Gasteiger partial charge in [-0.05, 0) is 20.9 Å². The van der Waals surface area contributed by atoms with Crippen molar-refractivity contribution >= 4 is 16.5 Å². The maximum absolute atomic E-state index is 6.07. The fraction of sp³-hybridized carbons (Fsp3) is 0.727. The van der Waals surface area contributed by atoms with Crippen LogP contribution in [0.25, 0.3) is 0 Å². The van der Waals surface area contributed by atoms with Gasteiger partial charge in [0.05, 0.1) is 0 Å². The van der Waals surface area contributed by atoms with Crippen LogP contribution < -0.4 is 10.6 Å². The first-order valence-corrected chi connectivity index (χ1v) is 6.47. The second-order valence-corrected chi connectivity index (χ2v) is 6.03. The molecule has 1 aliphatic rings. The van der Waals surface area contributed by atoms with E-state index in [1.54, 1.807) is 11.3 Å². The van der Waals surface area contributed by atoms with E-state index in [0.717, 1.165) is 36.2 Å². The number of likely N-dealkylation sites (N-methyl/N-ethyl adjacent to an activating group) is 1. The summed E-state index contributed by atoms with van der Waals surface area (Å²) in [5.74, 6) is 0. The number of nitrogens with zero attached hydrogens (tertiary/aromatic N) is 3. The number of hydrogen-bond donors (Lipinski definition) is 1. The highest BCUT2D eigenvalue weighted by Crippen LogP contribution is 2.29. The molecule has 1 aliphatic heterocycles. The van der Waals surface area contributed by atoms with Gasteiger partial charge in [-0.1, -0.05) is 0 Å². The monoisotopic (exact) mass is 240 g/mol. The zero-order chi connectivity index (χ0) is 11.8. The van der Waals surface area contributed by atoms with Crippen molar-refractivity contribution in [3.63, 3.8) is 0 Å². The highest BCUT2D eigenvalue weighted by molar-refractivity contribution is 7.15. The van der Waals surface area contributed by atoms with E-state index in [9.17, 15) is 0 Å². The zero-order valence-electron chi connectivity index (χ0n) is 10.2. The van der Waals surface area contributed by atoms with Crippen LogP contribution in [0.1, 0.15) is 18.7 Å². The van der Waals surface area contributed by atoms with Gasteiger partial charge < -0.3 is 15.5 Å². The first kappa shape index (κ1) is 11.8. The summed E-state index contributed by atoms with van der Waals surface area (Å²) in [5, 5.41) is 1.11. The average molecular weight is 240 g/mol. The summed E-state index contributed by atoms with van der Waals surface area (Å²) in [6.07, 6.45) is 1.92. The third-order valence-electron chi connectivity index (χ3n) is 2.90. The molecule has 90 valence electrons. The molecule has 0 aromatic carbocycles. The minimum absolute atomic E-state index is 0.275. The molecule has 0 radical (unpaired) electrons. The Morgan fingerprint density at radius 1 is 1.31 bits per heavy atom. The number of aromatic nitrogens is 1. The highest BCUT2D eigenvalue weighted by Gasteiger charge is 2.21. The summed E-state index contributed by atoms with van der Waals surface area (Å²) < 4.78 is 0. The van der Waals surface area contributed by atoms with Gasteiger partial charge in [0.1, 0.15) is 0 Å². The van der Waals surface area contributed by atoms with Crippen LogP contribution in [0.15, 0.2) is 6.20 Å². The third-order valence-corrected chi connectivity index (χ3v) is 4.30. The maximum Gasteiger partial charge on any atom is 0.185 e. The molecule has 2 heterocycles. The van der Waals surface area contributed by atoms with Crippen molar-refractivity contribution in [1.82, 2.24) is 9.88 Å². The summed E-state index contributed by atoms with van der Waals surface area (Å²) in [7, 11) is 2.16. The second kappa shape index (κ2) is 4.31. The van der Waals surface area contributed by atoms with E-state index in [4.69, 9.17) is 5.73 Å². The van der Waals surface area contributed by atoms with Gasteiger partial charge in [0.2, 0.25) is 0 Å². The van der Waals surface area contributed by atoms with Gasteiger partial charge in [0.25, 0.3) is 0 Å². The largest absolute Gasteiger partial charge is 0.346 e. The van der Waals surface area contributed by atoms with Gasteiger partial charge in [-0.2, -0.15) is 0 Å². The summed E-state index contributed by atoms with van der Waals surface area (Å²) in [4.78, 5) is 10.3. The van der Waals surface area contributed by atoms with Crippen molar-refractivity contribution < 1.29 is 0 Å². The lowest BCUT2D eigenvalue weighted by molar-refractivity contribution is 0.313. The van der Waals surface area contributed by atoms with Crippen LogP contribution >= 0.6 is 11.3 Å². The number of hydrogen-bond acceptors (Lipinski definition) is 5. The molecule has 1 fully saturated rings. The van der Waals surface area contributed by atoms with E-state index in [-0.39, 0.29) is 5.54 Å². The third kappa shape index (κ3) is 2.53. The van der Waals surface area contributed by atoms with Gasteiger partial charge >= 0.3 is 0 Å². The van der Waals surface area contributed by atoms with E-state index in [2.05, 4.69) is 21.8 Å². The molecule has 1 aromatic heterocycles. The first-order chi connectivity index (χ1) is 7.47. The number of nitrogens with two attached hydrogens (primary N) is 1. The van der Waals surface area contributed by atoms with Crippen molar-refractivity contribution in [2.75, 3.05) is 38.1 Å². The first-order valence-electron chi connectivity index (χ1n) is 5.65. The van der Waals surface area contributed by atoms with Crippen molar-refractivity contribution in [2.45, 2.75) is 19.4 Å². The van der Waals surface area contributed by atoms with E-state index < -0.39 is 0 Å². The molecule has 0 unspecified atom stereocenters. The fourth-order valence-corrected chi connectivity index (χ4v) is 2.69. The SMILES string of the molecule is CN1CCN(c2ncc(C(C)(C)N)s2)CC1. The predicted octanol–water partition coefficient (Wildman–Crippen LogP) is 1.09. The predicted molar refractivity (Wildman–Crippen MR) is 69.0 cm³/mol. The van der Waals surface area contributed by atoms with Gasteiger partial charge in [-0.3, -0.25) is 0 Å². The van der Waals surface area contributed by atoms with Crippen LogP contribution in [0.5, 0.6) is 0 Å². The van der Waals surface area contributed by atoms with Crippen molar-refractivity contribution in [3.8, 4) is 0 Å². The Hall–Kier alpha value is -0.650. The normalized spacial score (nSPS) is 19.1. The molecule has 4 nitrogen and oxygen atoms in total. The second-order valence-electron chi connectivity index (χ2n) is 5.02. The lowest BCUT2D eigenvalue weighted by atomic mass is 10.1. The Morgan fingerprint density at radius 2 is 1.94 bits per heavy atom. The summed E-state index contributed by atoms with van der Waals surface area (Å²) in [5.41, 5.74) is 5.79. The van der Waals surface area contributed by atoms with E-state index >= 15 is 0 Å². The molecule has 0 saturated carbocycles. The van der Waals surface area contributed by atoms with Crippen LogP contribution in [0.2, 0.25) is 0 Å². The van der Waals surface area contributed by atoms with E-state index in [1.165, 1.54) is 0 Å². The molecule has 5 heteroatoms. The highest BCUT2D eigenvalue weighted by atomic mass is 32.1. The zero-order valence-corrected chi connectivity index (χ0v) is 11.0. The Kier molecular flexibility index (Phi) is 3.19. The number of piperazine rings is 1. The van der Waals surface area contributed by atoms with E-state index in [1.807, 2.05) is 20.0 Å². The van der Waals surface area contributed by atoms with Gasteiger partial charge in [0.15, 0.2) is 5.13 Å². The molecule has 1 saturated heterocycles. The Labute approximate surface area is 101 Å². The summed E-state index contributed by atoms with van der Waals surface area (Å²) >= 11 is 1.72. The van der Waals surface area contributed by atoms with Crippen LogP contribution in [0.4, 0.5) is 5.13 Å². The van der Waals surface area contributed by atoms with Crippen LogP contribution in [-0.2, 0) is 5.54 Å². The Bertz CT molecular complexity index is 347. The lowest BCUT2D eigenvalue weighted by Crippen LogP contribution is -2.44. The minimum atomic E-state index is -0.275. The molecular formula is C11H20N4S. The van der Waals surface area contributed by atoms with Crippen LogP contribution in [0.3, 0.4) is 0 Å². The van der Waals surface area contributed by atoms with Crippen LogP contribution in [-0.4, -0.2) is 43.1 Å². The maximum atomic E-state index is 6.07. The Morgan fingerprint density at radius 3 is 2.44 bits per heavy atom. The van der Waals surface area contributed by atoms with E-state index in [0.29, 0.717) is 0 Å². The molecule has 2 N–H and O–H groups in total. The lowest BCUT2D eigenvalue weighted by Gasteiger charge is -2.32. The molecule has 16 heavy (non-hydrogen) atoms. The quantitative estimate of drug-likeness (QED) is 0.840. The summed E-state index contributed by atoms with van der Waals surface area (Å²) in [6.45, 7) is 8.40. The van der Waals surface area contributed by atoms with Gasteiger partial charge in [0, 0.05) is 42.8 Å². The molecule has 0 spiro atoms. The standard InChI is InChI=1S/C11H20N4S/c1-11(2,12)9-8-13-10(16-9)15-6-4-14(3)5-7-15/h8H,4-7,12H2,1-3H3. The number of rotatable bonds is 2. The van der Waals surface area contributed by atoms with Crippen LogP contribution in [0, 0.1) is 0 Å². The molecular weight excluding hydrogens is 220 g/mol. The number of thiazole rings is 1. The topological polar surface area (TPSA) is 45.4 Å². The fourth-order valence-electron chi connectivity index (χ4n) is 1.71. The molecule has 2 rings (SSSR count). The van der Waals surface area contributed by atoms with Crippen molar-refractivity contribution in [2.24, 2.45) is 5.73 Å². The molecule has 0 amide bonds. The van der Waals surface area contributed by atoms with Gasteiger partial charge in [-0.25, -0.2) is 4.98 Å². The van der Waals surface area contributed by atoms with Crippen molar-refractivity contribution in [3.05, 3.63) is 11.1 Å². The molecule has 0 atom stereocenters. The number of anilines is 1.